The predicted octanol–water partition coefficient (Wildman–Crippen LogP) is 5.79. The molecule has 1 atom stereocenters. The summed E-state index contributed by atoms with van der Waals surface area (Å²) in [5.74, 6) is -2.11. The molecule has 1 amide bonds. The third-order valence-electron chi connectivity index (χ3n) is 9.03. The van der Waals surface area contributed by atoms with Gasteiger partial charge in [0.15, 0.2) is 21.3 Å². The fourth-order valence-corrected chi connectivity index (χ4v) is 7.54. The van der Waals surface area contributed by atoms with E-state index in [0.717, 1.165) is 12.3 Å². The van der Waals surface area contributed by atoms with E-state index in [2.05, 4.69) is 0 Å². The van der Waals surface area contributed by atoms with Crippen LogP contribution in [0.15, 0.2) is 59.5 Å². The third-order valence-corrected chi connectivity index (χ3v) is 10.7. The Bertz CT molecular complexity index is 1770. The summed E-state index contributed by atoms with van der Waals surface area (Å²) < 4.78 is 54.3. The number of hydrogen-bond acceptors (Lipinski definition) is 7. The minimum atomic E-state index is -3.80. The van der Waals surface area contributed by atoms with Crippen LogP contribution in [0.25, 0.3) is 0 Å². The molecule has 0 aromatic heterocycles. The lowest BCUT2D eigenvalue weighted by Gasteiger charge is -2.40. The summed E-state index contributed by atoms with van der Waals surface area (Å²) in [7, 11) is -3.80. The molecule has 6 rings (SSSR count). The summed E-state index contributed by atoms with van der Waals surface area (Å²) in [4.78, 5) is 29.2. The Hall–Kier alpha value is -2.86. The monoisotopic (exact) mass is 675 g/mol. The largest absolute Gasteiger partial charge is 0.396 e. The van der Waals surface area contributed by atoms with Crippen molar-refractivity contribution >= 4 is 44.7 Å². The predicted molar refractivity (Wildman–Crippen MR) is 166 cm³/mol. The van der Waals surface area contributed by atoms with Gasteiger partial charge in [0.05, 0.1) is 35.8 Å². The van der Waals surface area contributed by atoms with Gasteiger partial charge in [0.25, 0.3) is 5.91 Å². The van der Waals surface area contributed by atoms with Gasteiger partial charge in [-0.05, 0) is 67.6 Å². The number of carbonyl (C=O) groups is 2. The number of halogens is 3. The first-order chi connectivity index (χ1) is 21.4. The molecule has 1 saturated carbocycles. The Morgan fingerprint density at radius 3 is 2.36 bits per heavy atom. The Labute approximate surface area is 271 Å². The van der Waals surface area contributed by atoms with Crippen molar-refractivity contribution in [2.45, 2.75) is 42.8 Å². The quantitative estimate of drug-likeness (QED) is 0.271. The smallest absolute Gasteiger partial charge is 0.257 e. The second-order valence-electron chi connectivity index (χ2n) is 12.1. The van der Waals surface area contributed by atoms with Gasteiger partial charge in [-0.15, -0.1) is 0 Å². The molecule has 2 aliphatic heterocycles. The lowest BCUT2D eigenvalue weighted by Crippen LogP contribution is -2.48. The van der Waals surface area contributed by atoms with E-state index in [0.29, 0.717) is 49.5 Å². The molecular weight excluding hydrogens is 644 g/mol. The first kappa shape index (κ1) is 32.1. The molecule has 3 aromatic carbocycles. The van der Waals surface area contributed by atoms with Gasteiger partial charge in [0.2, 0.25) is 0 Å². The molecule has 45 heavy (non-hydrogen) atoms. The topological polar surface area (TPSA) is 110 Å². The third kappa shape index (κ3) is 5.92. The normalized spacial score (nSPS) is 21.2. The van der Waals surface area contributed by atoms with E-state index in [1.807, 2.05) is 0 Å². The Morgan fingerprint density at radius 1 is 1.07 bits per heavy atom. The molecule has 0 spiro atoms. The molecule has 1 aliphatic carbocycles. The molecule has 1 N–H and O–H groups in total. The van der Waals surface area contributed by atoms with E-state index < -0.39 is 32.7 Å². The molecule has 2 heterocycles. The molecule has 3 aromatic rings. The molecule has 1 saturated heterocycles. The van der Waals surface area contributed by atoms with E-state index >= 15 is 4.39 Å². The van der Waals surface area contributed by atoms with Crippen LogP contribution < -0.4 is 0 Å². The summed E-state index contributed by atoms with van der Waals surface area (Å²) >= 11 is 12.4. The highest BCUT2D eigenvalue weighted by Gasteiger charge is 2.56. The number of hydrogen-bond donors (Lipinski definition) is 1. The van der Waals surface area contributed by atoms with Gasteiger partial charge in [-0.3, -0.25) is 14.5 Å². The maximum Gasteiger partial charge on any atom is 0.257 e. The fraction of sp³-hybridized carbons (Fsp3) is 0.394. The first-order valence-electron chi connectivity index (χ1n) is 14.7. The highest BCUT2D eigenvalue weighted by Crippen LogP contribution is 2.52. The van der Waals surface area contributed by atoms with Gasteiger partial charge in [0.1, 0.15) is 5.82 Å². The van der Waals surface area contributed by atoms with Crippen LogP contribution in [0.3, 0.4) is 0 Å². The average molecular weight is 677 g/mol. The molecule has 0 radical (unpaired) electrons. The summed E-state index contributed by atoms with van der Waals surface area (Å²) in [6, 6.07) is 13.3. The maximum absolute atomic E-state index is 16.6. The van der Waals surface area contributed by atoms with Crippen molar-refractivity contribution in [3.63, 3.8) is 0 Å². The minimum absolute atomic E-state index is 0.0168. The SMILES string of the molecule is CS(=O)(=O)c1cc(Cl)ccc1CN1C(=O)c2cc(C(=O)C3CCOCC3)cc(F)c2[C@]1(OCC1(CO)CC1)c1ccc(Cl)cc1. The second kappa shape index (κ2) is 12.1. The first-order valence-corrected chi connectivity index (χ1v) is 17.3. The van der Waals surface area contributed by atoms with Crippen molar-refractivity contribution in [3.05, 3.63) is 98.3 Å². The summed E-state index contributed by atoms with van der Waals surface area (Å²) in [5, 5.41) is 10.7. The number of aliphatic hydroxyl groups is 1. The maximum atomic E-state index is 16.6. The van der Waals surface area contributed by atoms with Crippen molar-refractivity contribution in [3.8, 4) is 0 Å². The number of nitrogens with zero attached hydrogens (tertiary/aromatic N) is 1. The van der Waals surface area contributed by atoms with Crippen LogP contribution in [0.2, 0.25) is 10.0 Å². The van der Waals surface area contributed by atoms with E-state index in [1.165, 1.54) is 29.2 Å². The van der Waals surface area contributed by atoms with Crippen LogP contribution in [0.1, 0.15) is 63.1 Å². The molecule has 0 bridgehead atoms. The standard InChI is InChI=1S/C33H32Cl2FNO7S/c1-45(41,42)28-16-25(35)5-2-21(28)17-37-31(40)26-14-22(30(39)20-8-12-43-13-9-20)15-27(36)29(26)33(37,23-3-6-24(34)7-4-23)44-19-32(18-38)10-11-32/h2-7,14-16,20,38H,8-13,17-19H2,1H3/t33-/m1/s1. The number of ether oxygens (including phenoxy) is 2. The number of aliphatic hydroxyl groups excluding tert-OH is 1. The number of amides is 1. The molecule has 238 valence electrons. The van der Waals surface area contributed by atoms with Gasteiger partial charge < -0.3 is 14.6 Å². The van der Waals surface area contributed by atoms with E-state index in [-0.39, 0.29) is 63.6 Å². The van der Waals surface area contributed by atoms with Gasteiger partial charge in [-0.25, -0.2) is 12.8 Å². The number of sulfone groups is 1. The zero-order valence-corrected chi connectivity index (χ0v) is 26.9. The zero-order chi connectivity index (χ0) is 32.1. The number of Topliss-reactive ketones (excluding diaryl/α,β-unsaturated/α-hetero) is 1. The van der Waals surface area contributed by atoms with Crippen molar-refractivity contribution in [1.29, 1.82) is 0 Å². The zero-order valence-electron chi connectivity index (χ0n) is 24.5. The minimum Gasteiger partial charge on any atom is -0.396 e. The van der Waals surface area contributed by atoms with E-state index in [1.54, 1.807) is 24.3 Å². The lowest BCUT2D eigenvalue weighted by atomic mass is 9.87. The Kier molecular flexibility index (Phi) is 8.60. The summed E-state index contributed by atoms with van der Waals surface area (Å²) in [5.41, 5.74) is -1.94. The molecule has 0 unspecified atom stereocenters. The number of rotatable bonds is 10. The Morgan fingerprint density at radius 2 is 1.73 bits per heavy atom. The van der Waals surface area contributed by atoms with Crippen molar-refractivity contribution < 1.29 is 37.0 Å². The van der Waals surface area contributed by atoms with Crippen molar-refractivity contribution in [2.24, 2.45) is 11.3 Å². The van der Waals surface area contributed by atoms with Crippen LogP contribution in [0, 0.1) is 17.2 Å². The lowest BCUT2D eigenvalue weighted by molar-refractivity contribution is -0.130. The van der Waals surface area contributed by atoms with Crippen LogP contribution in [-0.2, 0) is 31.6 Å². The summed E-state index contributed by atoms with van der Waals surface area (Å²) in [6.45, 7) is 0.351. The highest BCUT2D eigenvalue weighted by atomic mass is 35.5. The second-order valence-corrected chi connectivity index (χ2v) is 15.0. The van der Waals surface area contributed by atoms with E-state index in [4.69, 9.17) is 32.7 Å². The number of ketones is 1. The van der Waals surface area contributed by atoms with Crippen LogP contribution in [0.4, 0.5) is 4.39 Å². The number of fused-ring (bicyclic) bond motifs is 1. The number of benzene rings is 3. The van der Waals surface area contributed by atoms with Gasteiger partial charge in [-0.1, -0.05) is 41.4 Å². The van der Waals surface area contributed by atoms with E-state index in [9.17, 15) is 23.1 Å². The highest BCUT2D eigenvalue weighted by molar-refractivity contribution is 7.90. The molecule has 3 aliphatic rings. The Balaban J connectivity index is 1.56. The van der Waals surface area contributed by atoms with Gasteiger partial charge in [-0.2, -0.15) is 0 Å². The van der Waals surface area contributed by atoms with Gasteiger partial charge >= 0.3 is 0 Å². The van der Waals surface area contributed by atoms with Crippen molar-refractivity contribution in [2.75, 3.05) is 32.7 Å². The fourth-order valence-electron chi connectivity index (χ4n) is 6.23. The van der Waals surface area contributed by atoms with Crippen LogP contribution in [-0.4, -0.2) is 62.8 Å². The van der Waals surface area contributed by atoms with Crippen LogP contribution >= 0.6 is 23.2 Å². The molecular formula is C33H32Cl2FNO7S. The molecule has 12 heteroatoms. The molecule has 8 nitrogen and oxygen atoms in total. The van der Waals surface area contributed by atoms with Crippen LogP contribution in [0.5, 0.6) is 0 Å². The van der Waals surface area contributed by atoms with Crippen molar-refractivity contribution in [1.82, 2.24) is 4.90 Å². The molecule has 2 fully saturated rings. The summed E-state index contributed by atoms with van der Waals surface area (Å²) in [6.07, 6.45) is 3.37. The average Bonchev–Trinajstić information content (AvgIpc) is 3.77. The van der Waals surface area contributed by atoms with Gasteiger partial charge in [0, 0.05) is 52.0 Å². The number of carbonyl (C=O) groups excluding carboxylic acids is 2.